The van der Waals surface area contributed by atoms with Crippen LogP contribution >= 0.6 is 0 Å². The van der Waals surface area contributed by atoms with E-state index in [0.29, 0.717) is 5.91 Å². The van der Waals surface area contributed by atoms with E-state index in [0.717, 1.165) is 25.8 Å². The number of benzene rings is 1. The molecular formula is C20H22N2O. The summed E-state index contributed by atoms with van der Waals surface area (Å²) in [4.78, 5) is 19.4. The van der Waals surface area contributed by atoms with E-state index in [2.05, 4.69) is 34.1 Å². The highest BCUT2D eigenvalue weighted by Crippen LogP contribution is 2.37. The van der Waals surface area contributed by atoms with Crippen LogP contribution in [0.4, 0.5) is 0 Å². The first-order valence-electron chi connectivity index (χ1n) is 8.63. The minimum absolute atomic E-state index is 0.0380. The number of nitrogens with zero attached hydrogens (tertiary/aromatic N) is 2. The van der Waals surface area contributed by atoms with Gasteiger partial charge in [0.1, 0.15) is 0 Å². The maximum atomic E-state index is 13.1. The molecule has 0 saturated heterocycles. The smallest absolute Gasteiger partial charge is 0.226 e. The predicted molar refractivity (Wildman–Crippen MR) is 89.9 cm³/mol. The van der Waals surface area contributed by atoms with Gasteiger partial charge >= 0.3 is 0 Å². The summed E-state index contributed by atoms with van der Waals surface area (Å²) >= 11 is 0. The van der Waals surface area contributed by atoms with Crippen molar-refractivity contribution in [3.63, 3.8) is 0 Å². The van der Waals surface area contributed by atoms with Crippen LogP contribution in [0.25, 0.3) is 0 Å². The van der Waals surface area contributed by atoms with Crippen LogP contribution in [-0.4, -0.2) is 22.3 Å². The number of hydrogen-bond acceptors (Lipinski definition) is 2. The molecule has 0 spiro atoms. The van der Waals surface area contributed by atoms with Crippen molar-refractivity contribution in [3.05, 3.63) is 65.5 Å². The van der Waals surface area contributed by atoms with Gasteiger partial charge in [0.25, 0.3) is 0 Å². The zero-order valence-corrected chi connectivity index (χ0v) is 13.3. The second-order valence-corrected chi connectivity index (χ2v) is 6.64. The first-order chi connectivity index (χ1) is 11.3. The Balaban J connectivity index is 1.75. The molecule has 1 amide bonds. The Morgan fingerprint density at radius 3 is 2.57 bits per heavy atom. The molecule has 1 aliphatic carbocycles. The Morgan fingerprint density at radius 2 is 1.78 bits per heavy atom. The third-order valence-corrected chi connectivity index (χ3v) is 5.29. The number of pyridine rings is 1. The molecule has 1 fully saturated rings. The SMILES string of the molecule is O=C(C1CCCC1)N1CCc2ccccc2C1c1ccncc1. The zero-order valence-electron chi connectivity index (χ0n) is 13.3. The van der Waals surface area contributed by atoms with Gasteiger partial charge in [0.2, 0.25) is 5.91 Å². The molecule has 0 radical (unpaired) electrons. The number of carbonyl (C=O) groups excluding carboxylic acids is 1. The molecule has 2 heterocycles. The second kappa shape index (κ2) is 6.15. The van der Waals surface area contributed by atoms with Gasteiger partial charge < -0.3 is 4.90 Å². The van der Waals surface area contributed by atoms with E-state index in [4.69, 9.17) is 0 Å². The fourth-order valence-corrected chi connectivity index (χ4v) is 4.12. The molecule has 3 nitrogen and oxygen atoms in total. The molecule has 23 heavy (non-hydrogen) atoms. The maximum absolute atomic E-state index is 13.1. The van der Waals surface area contributed by atoms with Crippen LogP contribution < -0.4 is 0 Å². The van der Waals surface area contributed by atoms with Gasteiger partial charge in [0, 0.05) is 24.9 Å². The number of carbonyl (C=O) groups is 1. The lowest BCUT2D eigenvalue weighted by molar-refractivity contribution is -0.137. The summed E-state index contributed by atoms with van der Waals surface area (Å²) in [5, 5.41) is 0. The first-order valence-corrected chi connectivity index (χ1v) is 8.63. The van der Waals surface area contributed by atoms with Crippen LogP contribution in [0, 0.1) is 5.92 Å². The fourth-order valence-electron chi connectivity index (χ4n) is 4.12. The van der Waals surface area contributed by atoms with Gasteiger partial charge in [-0.25, -0.2) is 0 Å². The van der Waals surface area contributed by atoms with Crippen LogP contribution in [-0.2, 0) is 11.2 Å². The Bertz CT molecular complexity index is 692. The van der Waals surface area contributed by atoms with E-state index < -0.39 is 0 Å². The molecule has 1 aromatic heterocycles. The average molecular weight is 306 g/mol. The van der Waals surface area contributed by atoms with E-state index >= 15 is 0 Å². The number of aromatic nitrogens is 1. The third-order valence-electron chi connectivity index (χ3n) is 5.29. The molecule has 118 valence electrons. The summed E-state index contributed by atoms with van der Waals surface area (Å²) < 4.78 is 0. The van der Waals surface area contributed by atoms with E-state index in [1.807, 2.05) is 24.5 Å². The molecule has 2 aromatic rings. The molecule has 4 rings (SSSR count). The molecule has 0 N–H and O–H groups in total. The monoisotopic (exact) mass is 306 g/mol. The molecule has 2 aliphatic rings. The summed E-state index contributed by atoms with van der Waals surface area (Å²) in [7, 11) is 0. The van der Waals surface area contributed by atoms with Crippen molar-refractivity contribution in [2.75, 3.05) is 6.54 Å². The van der Waals surface area contributed by atoms with E-state index in [1.165, 1.54) is 29.5 Å². The van der Waals surface area contributed by atoms with Crippen molar-refractivity contribution in [2.24, 2.45) is 5.92 Å². The number of rotatable bonds is 2. The molecule has 1 unspecified atom stereocenters. The highest BCUT2D eigenvalue weighted by atomic mass is 16.2. The van der Waals surface area contributed by atoms with Gasteiger partial charge in [0.15, 0.2) is 0 Å². The Labute approximate surface area is 137 Å². The summed E-state index contributed by atoms with van der Waals surface area (Å²) in [6.07, 6.45) is 9.10. The topological polar surface area (TPSA) is 33.2 Å². The van der Waals surface area contributed by atoms with Crippen LogP contribution in [0.15, 0.2) is 48.8 Å². The maximum Gasteiger partial charge on any atom is 0.226 e. The summed E-state index contributed by atoms with van der Waals surface area (Å²) in [6, 6.07) is 12.7. The van der Waals surface area contributed by atoms with Crippen LogP contribution in [0.1, 0.15) is 48.4 Å². The van der Waals surface area contributed by atoms with Crippen LogP contribution in [0.3, 0.4) is 0 Å². The minimum Gasteiger partial charge on any atom is -0.331 e. The largest absolute Gasteiger partial charge is 0.331 e. The molecule has 1 aliphatic heterocycles. The quantitative estimate of drug-likeness (QED) is 0.846. The highest BCUT2D eigenvalue weighted by molar-refractivity contribution is 5.80. The Morgan fingerprint density at radius 1 is 1.04 bits per heavy atom. The molecule has 1 aromatic carbocycles. The number of fused-ring (bicyclic) bond motifs is 1. The second-order valence-electron chi connectivity index (χ2n) is 6.64. The van der Waals surface area contributed by atoms with Crippen LogP contribution in [0.2, 0.25) is 0 Å². The van der Waals surface area contributed by atoms with Crippen LogP contribution in [0.5, 0.6) is 0 Å². The van der Waals surface area contributed by atoms with Crippen molar-refractivity contribution < 1.29 is 4.79 Å². The average Bonchev–Trinajstić information content (AvgIpc) is 3.15. The van der Waals surface area contributed by atoms with E-state index in [-0.39, 0.29) is 12.0 Å². The normalized spacial score (nSPS) is 21.2. The number of hydrogen-bond donors (Lipinski definition) is 0. The molecular weight excluding hydrogens is 284 g/mol. The van der Waals surface area contributed by atoms with Gasteiger partial charge in [-0.2, -0.15) is 0 Å². The van der Waals surface area contributed by atoms with Gasteiger partial charge in [-0.3, -0.25) is 9.78 Å². The van der Waals surface area contributed by atoms with E-state index in [9.17, 15) is 4.79 Å². The van der Waals surface area contributed by atoms with Gasteiger partial charge in [0.05, 0.1) is 6.04 Å². The van der Waals surface area contributed by atoms with Crippen molar-refractivity contribution in [1.29, 1.82) is 0 Å². The molecule has 0 bridgehead atoms. The number of amides is 1. The summed E-state index contributed by atoms with van der Waals surface area (Å²) in [5.74, 6) is 0.573. The van der Waals surface area contributed by atoms with Gasteiger partial charge in [-0.05, 0) is 48.1 Å². The zero-order chi connectivity index (χ0) is 15.6. The molecule has 1 atom stereocenters. The van der Waals surface area contributed by atoms with Crippen molar-refractivity contribution >= 4 is 5.91 Å². The Hall–Kier alpha value is -2.16. The summed E-state index contributed by atoms with van der Waals surface area (Å²) in [5.41, 5.74) is 3.81. The van der Waals surface area contributed by atoms with Crippen molar-refractivity contribution in [3.8, 4) is 0 Å². The fraction of sp³-hybridized carbons (Fsp3) is 0.400. The Kier molecular flexibility index (Phi) is 3.86. The highest BCUT2D eigenvalue weighted by Gasteiger charge is 2.35. The lowest BCUT2D eigenvalue weighted by atomic mass is 9.87. The predicted octanol–water partition coefficient (Wildman–Crippen LogP) is 3.75. The molecule has 1 saturated carbocycles. The van der Waals surface area contributed by atoms with Crippen molar-refractivity contribution in [2.45, 2.75) is 38.1 Å². The minimum atomic E-state index is 0.0380. The van der Waals surface area contributed by atoms with E-state index in [1.54, 1.807) is 0 Å². The van der Waals surface area contributed by atoms with Gasteiger partial charge in [-0.1, -0.05) is 37.1 Å². The standard InChI is InChI=1S/C20H22N2O/c23-20(17-6-1-2-7-17)22-14-11-15-5-3-4-8-18(15)19(22)16-9-12-21-13-10-16/h3-5,8-10,12-13,17,19H,1-2,6-7,11,14H2. The van der Waals surface area contributed by atoms with Gasteiger partial charge in [-0.15, -0.1) is 0 Å². The summed E-state index contributed by atoms with van der Waals surface area (Å²) in [6.45, 7) is 0.819. The lowest BCUT2D eigenvalue weighted by Gasteiger charge is -2.39. The van der Waals surface area contributed by atoms with Crippen molar-refractivity contribution in [1.82, 2.24) is 9.88 Å². The first kappa shape index (κ1) is 14.4. The molecule has 3 heteroatoms. The third kappa shape index (κ3) is 2.65. The lowest BCUT2D eigenvalue weighted by Crippen LogP contribution is -2.43.